The van der Waals surface area contributed by atoms with Crippen LogP contribution in [-0.2, 0) is 4.74 Å². The molecule has 1 aromatic heterocycles. The third kappa shape index (κ3) is 1.70. The van der Waals surface area contributed by atoms with Crippen molar-refractivity contribution in [1.82, 2.24) is 0 Å². The Labute approximate surface area is 75.6 Å². The summed E-state index contributed by atoms with van der Waals surface area (Å²) in [7, 11) is 0. The highest BCUT2D eigenvalue weighted by atomic mass is 16.5. The Kier molecular flexibility index (Phi) is 2.27. The molecule has 0 N–H and O–H groups in total. The molecule has 0 saturated heterocycles. The van der Waals surface area contributed by atoms with Gasteiger partial charge in [0.05, 0.1) is 18.4 Å². The molecule has 13 heavy (non-hydrogen) atoms. The summed E-state index contributed by atoms with van der Waals surface area (Å²) < 4.78 is 10.1. The number of hydrogen-bond donors (Lipinski definition) is 0. The zero-order chi connectivity index (χ0) is 9.10. The van der Waals surface area contributed by atoms with Gasteiger partial charge in [-0.15, -0.1) is 0 Å². The fraction of sp³-hybridized carbons (Fsp3) is 0.300. The normalized spacial score (nSPS) is 21.7. The molecule has 68 valence electrons. The molecule has 2 rings (SSSR count). The minimum atomic E-state index is -0.320. The molecule has 3 heteroatoms. The maximum absolute atomic E-state index is 11.2. The number of hydrogen-bond acceptors (Lipinski definition) is 3. The largest absolute Gasteiger partial charge is 0.431 e. The fourth-order valence-corrected chi connectivity index (χ4v) is 1.32. The van der Waals surface area contributed by atoms with Gasteiger partial charge in [0, 0.05) is 0 Å². The molecule has 1 atom stereocenters. The van der Waals surface area contributed by atoms with Crippen LogP contribution in [-0.4, -0.2) is 6.61 Å². The second kappa shape index (κ2) is 3.58. The van der Waals surface area contributed by atoms with Gasteiger partial charge in [0.15, 0.2) is 0 Å². The predicted octanol–water partition coefficient (Wildman–Crippen LogP) is 1.66. The Morgan fingerprint density at radius 3 is 3.08 bits per heavy atom. The van der Waals surface area contributed by atoms with Crippen LogP contribution in [0.1, 0.15) is 18.1 Å². The highest BCUT2D eigenvalue weighted by Gasteiger charge is 2.14. The molecule has 1 aliphatic rings. The first-order valence-corrected chi connectivity index (χ1v) is 4.24. The smallest absolute Gasteiger partial charge is 0.341 e. The second-order valence-corrected chi connectivity index (χ2v) is 2.86. The van der Waals surface area contributed by atoms with E-state index in [9.17, 15) is 4.79 Å². The molecule has 0 aromatic carbocycles. The Morgan fingerprint density at radius 2 is 2.38 bits per heavy atom. The van der Waals surface area contributed by atoms with Gasteiger partial charge in [-0.1, -0.05) is 12.2 Å². The summed E-state index contributed by atoms with van der Waals surface area (Å²) in [4.78, 5) is 11.2. The maximum atomic E-state index is 11.2. The van der Waals surface area contributed by atoms with Gasteiger partial charge in [0.1, 0.15) is 6.10 Å². The summed E-state index contributed by atoms with van der Waals surface area (Å²) in [5.41, 5.74) is 0.248. The predicted molar refractivity (Wildman–Crippen MR) is 47.4 cm³/mol. The van der Waals surface area contributed by atoms with Crippen molar-refractivity contribution in [3.05, 3.63) is 46.5 Å². The van der Waals surface area contributed by atoms with Gasteiger partial charge in [-0.3, -0.25) is 0 Å². The molecule has 0 bridgehead atoms. The van der Waals surface area contributed by atoms with Crippen LogP contribution in [0.4, 0.5) is 0 Å². The third-order valence-corrected chi connectivity index (χ3v) is 1.96. The standard InChI is InChI=1S/C10H10O3/c11-10-8(4-3-7-13-10)9-5-1-2-6-12-9/h1,3-5,7,9H,2,6H2. The summed E-state index contributed by atoms with van der Waals surface area (Å²) in [6.45, 7) is 0.662. The molecule has 0 spiro atoms. The molecule has 0 saturated carbocycles. The molecule has 1 unspecified atom stereocenters. The van der Waals surface area contributed by atoms with E-state index in [0.717, 1.165) is 6.42 Å². The lowest BCUT2D eigenvalue weighted by molar-refractivity contribution is 0.0776. The lowest BCUT2D eigenvalue weighted by Gasteiger charge is -2.15. The Morgan fingerprint density at radius 1 is 1.46 bits per heavy atom. The number of ether oxygens (including phenoxy) is 1. The molecule has 1 aliphatic heterocycles. The third-order valence-electron chi connectivity index (χ3n) is 1.96. The van der Waals surface area contributed by atoms with Crippen molar-refractivity contribution < 1.29 is 9.15 Å². The first kappa shape index (κ1) is 8.26. The molecular weight excluding hydrogens is 168 g/mol. The fourth-order valence-electron chi connectivity index (χ4n) is 1.32. The van der Waals surface area contributed by atoms with E-state index in [0.29, 0.717) is 12.2 Å². The Balaban J connectivity index is 2.34. The van der Waals surface area contributed by atoms with Crippen molar-refractivity contribution in [2.75, 3.05) is 6.61 Å². The molecular formula is C10H10O3. The van der Waals surface area contributed by atoms with Crippen LogP contribution in [0, 0.1) is 0 Å². The quantitative estimate of drug-likeness (QED) is 0.614. The van der Waals surface area contributed by atoms with Crippen molar-refractivity contribution in [3.8, 4) is 0 Å². The van der Waals surface area contributed by atoms with Crippen molar-refractivity contribution in [1.29, 1.82) is 0 Å². The maximum Gasteiger partial charge on any atom is 0.341 e. The van der Waals surface area contributed by atoms with E-state index in [1.807, 2.05) is 12.2 Å². The summed E-state index contributed by atoms with van der Waals surface area (Å²) in [6.07, 6.45) is 5.95. The molecule has 2 heterocycles. The SMILES string of the molecule is O=c1occcc1C1C=CCCO1. The zero-order valence-corrected chi connectivity index (χ0v) is 7.10. The van der Waals surface area contributed by atoms with Gasteiger partial charge in [0.25, 0.3) is 0 Å². The zero-order valence-electron chi connectivity index (χ0n) is 7.10. The van der Waals surface area contributed by atoms with E-state index in [1.54, 1.807) is 12.1 Å². The highest BCUT2D eigenvalue weighted by Crippen LogP contribution is 2.19. The highest BCUT2D eigenvalue weighted by molar-refractivity contribution is 5.17. The average molecular weight is 178 g/mol. The van der Waals surface area contributed by atoms with Crippen molar-refractivity contribution in [2.24, 2.45) is 0 Å². The van der Waals surface area contributed by atoms with Gasteiger partial charge < -0.3 is 9.15 Å². The van der Waals surface area contributed by atoms with E-state index in [2.05, 4.69) is 0 Å². The topological polar surface area (TPSA) is 39.4 Å². The summed E-state index contributed by atoms with van der Waals surface area (Å²) in [5, 5.41) is 0. The van der Waals surface area contributed by atoms with E-state index < -0.39 is 0 Å². The summed E-state index contributed by atoms with van der Waals surface area (Å²) >= 11 is 0. The van der Waals surface area contributed by atoms with Crippen LogP contribution in [0.3, 0.4) is 0 Å². The lowest BCUT2D eigenvalue weighted by atomic mass is 10.1. The van der Waals surface area contributed by atoms with E-state index in [1.165, 1.54) is 6.26 Å². The van der Waals surface area contributed by atoms with Gasteiger partial charge in [-0.25, -0.2) is 4.79 Å². The van der Waals surface area contributed by atoms with Crippen LogP contribution in [0.25, 0.3) is 0 Å². The van der Waals surface area contributed by atoms with Gasteiger partial charge in [-0.05, 0) is 18.6 Å². The Bertz CT molecular complexity index is 364. The van der Waals surface area contributed by atoms with Crippen LogP contribution in [0.2, 0.25) is 0 Å². The van der Waals surface area contributed by atoms with Crippen LogP contribution in [0.15, 0.2) is 39.8 Å². The van der Waals surface area contributed by atoms with Gasteiger partial charge in [-0.2, -0.15) is 0 Å². The van der Waals surface area contributed by atoms with Crippen LogP contribution in [0.5, 0.6) is 0 Å². The average Bonchev–Trinajstić information content (AvgIpc) is 2.20. The first-order chi connectivity index (χ1) is 6.38. The summed E-state index contributed by atoms with van der Waals surface area (Å²) in [6, 6.07) is 3.43. The molecule has 3 nitrogen and oxygen atoms in total. The van der Waals surface area contributed by atoms with E-state index >= 15 is 0 Å². The van der Waals surface area contributed by atoms with Gasteiger partial charge in [0.2, 0.25) is 0 Å². The number of rotatable bonds is 1. The molecule has 0 radical (unpaired) electrons. The Hall–Kier alpha value is -1.35. The molecule has 0 amide bonds. The minimum Gasteiger partial charge on any atom is -0.431 e. The van der Waals surface area contributed by atoms with Crippen molar-refractivity contribution >= 4 is 0 Å². The summed E-state index contributed by atoms with van der Waals surface area (Å²) in [5.74, 6) is 0. The monoisotopic (exact) mass is 178 g/mol. The minimum absolute atomic E-state index is 0.230. The van der Waals surface area contributed by atoms with Crippen molar-refractivity contribution in [3.63, 3.8) is 0 Å². The second-order valence-electron chi connectivity index (χ2n) is 2.86. The van der Waals surface area contributed by atoms with E-state index in [4.69, 9.17) is 9.15 Å². The first-order valence-electron chi connectivity index (χ1n) is 4.24. The molecule has 1 aromatic rings. The van der Waals surface area contributed by atoms with Crippen LogP contribution >= 0.6 is 0 Å². The van der Waals surface area contributed by atoms with E-state index in [-0.39, 0.29) is 11.7 Å². The molecule has 0 aliphatic carbocycles. The van der Waals surface area contributed by atoms with Crippen molar-refractivity contribution in [2.45, 2.75) is 12.5 Å². The van der Waals surface area contributed by atoms with Crippen LogP contribution < -0.4 is 5.63 Å². The van der Waals surface area contributed by atoms with Gasteiger partial charge >= 0.3 is 5.63 Å². The lowest BCUT2D eigenvalue weighted by Crippen LogP contribution is -2.15. The molecule has 0 fully saturated rings.